The van der Waals surface area contributed by atoms with Gasteiger partial charge >= 0.3 is 0 Å². The number of aryl methyl sites for hydroxylation is 1. The zero-order valence-corrected chi connectivity index (χ0v) is 13.0. The molecule has 0 aliphatic heterocycles. The van der Waals surface area contributed by atoms with Crippen molar-refractivity contribution in [3.63, 3.8) is 0 Å². The summed E-state index contributed by atoms with van der Waals surface area (Å²) in [6.07, 6.45) is 3.21. The number of thioether (sulfide) groups is 1. The van der Waals surface area contributed by atoms with E-state index in [1.165, 1.54) is 18.1 Å². The average Bonchev–Trinajstić information content (AvgIpc) is 2.95. The van der Waals surface area contributed by atoms with E-state index in [1.54, 1.807) is 42.3 Å². The van der Waals surface area contributed by atoms with Crippen molar-refractivity contribution in [3.05, 3.63) is 42.4 Å². The van der Waals surface area contributed by atoms with Crippen molar-refractivity contribution in [2.45, 2.75) is 5.03 Å². The molecule has 0 saturated heterocycles. The number of carbonyl (C=O) groups excluding carboxylic acids is 1. The first-order chi connectivity index (χ1) is 10.7. The molecule has 0 aliphatic carbocycles. The predicted octanol–water partition coefficient (Wildman–Crippen LogP) is 2.35. The van der Waals surface area contributed by atoms with Gasteiger partial charge in [0, 0.05) is 12.6 Å². The van der Waals surface area contributed by atoms with E-state index in [2.05, 4.69) is 15.1 Å². The molecule has 0 saturated carbocycles. The Morgan fingerprint density at radius 2 is 2.05 bits per heavy atom. The first-order valence-corrected chi connectivity index (χ1v) is 7.60. The summed E-state index contributed by atoms with van der Waals surface area (Å²) in [6, 6.07) is 7.09. The van der Waals surface area contributed by atoms with Crippen LogP contribution in [-0.2, 0) is 7.05 Å². The van der Waals surface area contributed by atoms with Gasteiger partial charge in [-0.3, -0.25) is 9.48 Å². The lowest BCUT2D eigenvalue weighted by atomic mass is 10.1. The van der Waals surface area contributed by atoms with Crippen LogP contribution < -0.4 is 4.74 Å². The van der Waals surface area contributed by atoms with E-state index in [0.717, 1.165) is 21.8 Å². The summed E-state index contributed by atoms with van der Waals surface area (Å²) >= 11 is 1.39. The van der Waals surface area contributed by atoms with Crippen LogP contribution in [0.5, 0.6) is 5.75 Å². The Morgan fingerprint density at radius 3 is 2.77 bits per heavy atom. The number of ether oxygens (including phenoxy) is 1. The van der Waals surface area contributed by atoms with Crippen molar-refractivity contribution in [2.75, 3.05) is 12.9 Å². The normalized spacial score (nSPS) is 10.8. The Morgan fingerprint density at radius 1 is 1.27 bits per heavy atom. The third-order valence-corrected chi connectivity index (χ3v) is 4.25. The lowest BCUT2D eigenvalue weighted by Crippen LogP contribution is -2.02. The highest BCUT2D eigenvalue weighted by molar-refractivity contribution is 8.00. The van der Waals surface area contributed by atoms with E-state index >= 15 is 0 Å². The van der Waals surface area contributed by atoms with Gasteiger partial charge in [-0.1, -0.05) is 11.8 Å². The van der Waals surface area contributed by atoms with Gasteiger partial charge in [0.05, 0.1) is 24.4 Å². The number of Topliss-reactive ketones (excluding diaryl/α,β-unsaturated/α-hetero) is 1. The van der Waals surface area contributed by atoms with E-state index < -0.39 is 0 Å². The van der Waals surface area contributed by atoms with Gasteiger partial charge in [0.2, 0.25) is 0 Å². The number of benzene rings is 1. The molecule has 0 atom stereocenters. The SMILES string of the molecule is COc1ccc(C(=O)CSc2ncnc3c2cnn3C)cc1. The summed E-state index contributed by atoms with van der Waals surface area (Å²) in [7, 11) is 3.42. The van der Waals surface area contributed by atoms with Gasteiger partial charge in [0.15, 0.2) is 11.4 Å². The summed E-state index contributed by atoms with van der Waals surface area (Å²) in [4.78, 5) is 20.7. The fourth-order valence-electron chi connectivity index (χ4n) is 2.05. The van der Waals surface area contributed by atoms with Crippen LogP contribution in [0.2, 0.25) is 0 Å². The lowest BCUT2D eigenvalue weighted by Gasteiger charge is -2.03. The molecule has 0 bridgehead atoms. The van der Waals surface area contributed by atoms with Crippen molar-refractivity contribution in [1.82, 2.24) is 19.7 Å². The molecule has 22 heavy (non-hydrogen) atoms. The maximum absolute atomic E-state index is 12.2. The molecule has 112 valence electrons. The average molecular weight is 314 g/mol. The number of rotatable bonds is 5. The number of hydrogen-bond donors (Lipinski definition) is 0. The third kappa shape index (κ3) is 2.80. The van der Waals surface area contributed by atoms with Gasteiger partial charge in [-0.2, -0.15) is 5.10 Å². The summed E-state index contributed by atoms with van der Waals surface area (Å²) in [5.41, 5.74) is 1.42. The number of fused-ring (bicyclic) bond motifs is 1. The number of aromatic nitrogens is 4. The molecule has 0 spiro atoms. The van der Waals surface area contributed by atoms with Gasteiger partial charge in [0.25, 0.3) is 0 Å². The Kier molecular flexibility index (Phi) is 4.06. The zero-order valence-electron chi connectivity index (χ0n) is 12.2. The summed E-state index contributed by atoms with van der Waals surface area (Å²) in [5.74, 6) is 1.09. The molecule has 0 fully saturated rings. The Balaban J connectivity index is 1.74. The minimum atomic E-state index is 0.0447. The highest BCUT2D eigenvalue weighted by Gasteiger charge is 2.12. The molecule has 0 unspecified atom stereocenters. The van der Waals surface area contributed by atoms with Crippen LogP contribution in [0.4, 0.5) is 0 Å². The molecule has 0 amide bonds. The Bertz CT molecular complexity index is 814. The second-order valence-electron chi connectivity index (χ2n) is 4.62. The molecule has 3 rings (SSSR count). The largest absolute Gasteiger partial charge is 0.497 e. The predicted molar refractivity (Wildman–Crippen MR) is 84.4 cm³/mol. The standard InChI is InChI=1S/C15H14N4O2S/c1-19-14-12(7-18-19)15(17-9-16-14)22-8-13(20)10-3-5-11(21-2)6-4-10/h3-7,9H,8H2,1-2H3. The second kappa shape index (κ2) is 6.15. The van der Waals surface area contributed by atoms with Gasteiger partial charge in [-0.05, 0) is 24.3 Å². The molecular formula is C15H14N4O2S. The number of carbonyl (C=O) groups is 1. The molecule has 2 heterocycles. The van der Waals surface area contributed by atoms with Gasteiger partial charge in [-0.25, -0.2) is 9.97 Å². The fraction of sp³-hybridized carbons (Fsp3) is 0.200. The highest BCUT2D eigenvalue weighted by Crippen LogP contribution is 2.24. The topological polar surface area (TPSA) is 69.9 Å². The smallest absolute Gasteiger partial charge is 0.173 e. The minimum absolute atomic E-state index is 0.0447. The van der Waals surface area contributed by atoms with Crippen LogP contribution in [0, 0.1) is 0 Å². The number of nitrogens with zero attached hydrogens (tertiary/aromatic N) is 4. The molecule has 7 heteroatoms. The lowest BCUT2D eigenvalue weighted by molar-refractivity contribution is 0.102. The zero-order chi connectivity index (χ0) is 15.5. The van der Waals surface area contributed by atoms with Crippen molar-refractivity contribution in [3.8, 4) is 5.75 Å². The number of ketones is 1. The maximum Gasteiger partial charge on any atom is 0.173 e. The summed E-state index contributed by atoms with van der Waals surface area (Å²) < 4.78 is 6.77. The Hall–Kier alpha value is -2.41. The number of methoxy groups -OCH3 is 1. The van der Waals surface area contributed by atoms with E-state index in [4.69, 9.17) is 4.74 Å². The molecule has 0 aliphatic rings. The van der Waals surface area contributed by atoms with Crippen LogP contribution in [0.1, 0.15) is 10.4 Å². The molecule has 3 aromatic rings. The second-order valence-corrected chi connectivity index (χ2v) is 5.59. The van der Waals surface area contributed by atoms with Crippen molar-refractivity contribution >= 4 is 28.6 Å². The third-order valence-electron chi connectivity index (χ3n) is 3.24. The van der Waals surface area contributed by atoms with Gasteiger partial charge < -0.3 is 4.74 Å². The monoisotopic (exact) mass is 314 g/mol. The van der Waals surface area contributed by atoms with Crippen LogP contribution in [0.25, 0.3) is 11.0 Å². The Labute approximate surface area is 131 Å². The minimum Gasteiger partial charge on any atom is -0.497 e. The van der Waals surface area contributed by atoms with Crippen LogP contribution in [0.3, 0.4) is 0 Å². The first-order valence-electron chi connectivity index (χ1n) is 6.62. The van der Waals surface area contributed by atoms with Gasteiger partial charge in [-0.15, -0.1) is 0 Å². The highest BCUT2D eigenvalue weighted by atomic mass is 32.2. The summed E-state index contributed by atoms with van der Waals surface area (Å²) in [6.45, 7) is 0. The molecular weight excluding hydrogens is 300 g/mol. The fourth-order valence-corrected chi connectivity index (χ4v) is 2.91. The van der Waals surface area contributed by atoms with Crippen molar-refractivity contribution < 1.29 is 9.53 Å². The van der Waals surface area contributed by atoms with Crippen LogP contribution in [0.15, 0.2) is 41.8 Å². The van der Waals surface area contributed by atoms with E-state index in [9.17, 15) is 4.79 Å². The first kappa shape index (κ1) is 14.5. The van der Waals surface area contributed by atoms with Gasteiger partial charge in [0.1, 0.15) is 17.1 Å². The molecule has 2 aromatic heterocycles. The van der Waals surface area contributed by atoms with Crippen LogP contribution in [-0.4, -0.2) is 38.4 Å². The van der Waals surface area contributed by atoms with E-state index in [1.807, 2.05) is 7.05 Å². The quantitative estimate of drug-likeness (QED) is 0.409. The summed E-state index contributed by atoms with van der Waals surface area (Å²) in [5, 5.41) is 5.79. The molecule has 1 aromatic carbocycles. The van der Waals surface area contributed by atoms with Crippen molar-refractivity contribution in [2.24, 2.45) is 7.05 Å². The maximum atomic E-state index is 12.2. The number of hydrogen-bond acceptors (Lipinski definition) is 6. The molecule has 0 radical (unpaired) electrons. The molecule has 0 N–H and O–H groups in total. The van der Waals surface area contributed by atoms with Crippen molar-refractivity contribution in [1.29, 1.82) is 0 Å². The van der Waals surface area contributed by atoms with E-state index in [-0.39, 0.29) is 5.78 Å². The molecule has 6 nitrogen and oxygen atoms in total. The van der Waals surface area contributed by atoms with Crippen LogP contribution >= 0.6 is 11.8 Å². The van der Waals surface area contributed by atoms with E-state index in [0.29, 0.717) is 11.3 Å².